The number of ether oxygens (including phenoxy) is 2. The van der Waals surface area contributed by atoms with E-state index < -0.39 is 0 Å². The lowest BCUT2D eigenvalue weighted by Crippen LogP contribution is -2.27. The van der Waals surface area contributed by atoms with Crippen LogP contribution in [0.25, 0.3) is 6.08 Å². The number of benzene rings is 2. The van der Waals surface area contributed by atoms with E-state index in [4.69, 9.17) is 9.47 Å². The van der Waals surface area contributed by atoms with Gasteiger partial charge in [-0.2, -0.15) is 0 Å². The van der Waals surface area contributed by atoms with Crippen LogP contribution in [0.3, 0.4) is 0 Å². The van der Waals surface area contributed by atoms with Gasteiger partial charge in [-0.25, -0.2) is 4.68 Å². The molecule has 156 valence electrons. The zero-order chi connectivity index (χ0) is 21.3. The van der Waals surface area contributed by atoms with Crippen LogP contribution in [0.5, 0.6) is 11.5 Å². The first-order valence-corrected chi connectivity index (χ1v) is 9.67. The maximum Gasteiger partial charge on any atom is 0.246 e. The number of nitrogens with zero attached hydrogens (tertiary/aromatic N) is 4. The van der Waals surface area contributed by atoms with Gasteiger partial charge in [0.25, 0.3) is 0 Å². The van der Waals surface area contributed by atoms with E-state index in [0.29, 0.717) is 36.7 Å². The quantitative estimate of drug-likeness (QED) is 0.511. The standard InChI is InChI=1S/C23H26N4O3/c1-26(14-13-18-9-11-21(29-2)22(15-18)30-3)23(28)12-10-20-17-27(25-24-20)16-19-7-5-4-6-8-19/h4-12,15,17H,13-14,16H2,1-3H3/b12-10+. The summed E-state index contributed by atoms with van der Waals surface area (Å²) in [4.78, 5) is 14.1. The molecule has 30 heavy (non-hydrogen) atoms. The van der Waals surface area contributed by atoms with Crippen molar-refractivity contribution in [1.29, 1.82) is 0 Å². The van der Waals surface area contributed by atoms with Crippen molar-refractivity contribution in [2.45, 2.75) is 13.0 Å². The Balaban J connectivity index is 1.52. The first-order valence-electron chi connectivity index (χ1n) is 9.67. The second kappa shape index (κ2) is 10.2. The van der Waals surface area contributed by atoms with Crippen molar-refractivity contribution >= 4 is 12.0 Å². The molecule has 0 spiro atoms. The molecule has 1 heterocycles. The molecule has 0 saturated heterocycles. The van der Waals surface area contributed by atoms with Gasteiger partial charge in [0.15, 0.2) is 11.5 Å². The van der Waals surface area contributed by atoms with Gasteiger partial charge >= 0.3 is 0 Å². The van der Waals surface area contributed by atoms with Crippen LogP contribution >= 0.6 is 0 Å². The van der Waals surface area contributed by atoms with Crippen LogP contribution in [0, 0.1) is 0 Å². The third-order valence-corrected chi connectivity index (χ3v) is 4.70. The molecule has 3 rings (SSSR count). The van der Waals surface area contributed by atoms with E-state index >= 15 is 0 Å². The molecule has 0 saturated carbocycles. The Kier molecular flexibility index (Phi) is 7.21. The molecule has 1 amide bonds. The lowest BCUT2D eigenvalue weighted by atomic mass is 10.1. The third kappa shape index (κ3) is 5.70. The monoisotopic (exact) mass is 406 g/mol. The molecule has 0 radical (unpaired) electrons. The zero-order valence-electron chi connectivity index (χ0n) is 17.5. The predicted octanol–water partition coefficient (Wildman–Crippen LogP) is 3.06. The Morgan fingerprint density at radius 2 is 1.83 bits per heavy atom. The number of methoxy groups -OCH3 is 2. The molecule has 7 heteroatoms. The average Bonchev–Trinajstić information content (AvgIpc) is 3.23. The van der Waals surface area contributed by atoms with Crippen LogP contribution in [0.4, 0.5) is 0 Å². The van der Waals surface area contributed by atoms with Gasteiger partial charge in [0.2, 0.25) is 5.91 Å². The summed E-state index contributed by atoms with van der Waals surface area (Å²) in [6.07, 6.45) is 5.74. The van der Waals surface area contributed by atoms with E-state index in [1.165, 1.54) is 6.08 Å². The first-order chi connectivity index (χ1) is 14.6. The minimum Gasteiger partial charge on any atom is -0.493 e. The molecule has 0 N–H and O–H groups in total. The number of carbonyl (C=O) groups is 1. The summed E-state index contributed by atoms with van der Waals surface area (Å²) in [6, 6.07) is 15.8. The lowest BCUT2D eigenvalue weighted by Gasteiger charge is -2.15. The molecule has 0 unspecified atom stereocenters. The molecule has 7 nitrogen and oxygen atoms in total. The largest absolute Gasteiger partial charge is 0.493 e. The van der Waals surface area contributed by atoms with Crippen molar-refractivity contribution in [3.63, 3.8) is 0 Å². The number of amides is 1. The molecular formula is C23H26N4O3. The van der Waals surface area contributed by atoms with Crippen LogP contribution in [-0.2, 0) is 17.8 Å². The van der Waals surface area contributed by atoms with Crippen molar-refractivity contribution in [2.75, 3.05) is 27.8 Å². The Morgan fingerprint density at radius 3 is 2.57 bits per heavy atom. The van der Waals surface area contributed by atoms with E-state index in [2.05, 4.69) is 10.3 Å². The third-order valence-electron chi connectivity index (χ3n) is 4.70. The van der Waals surface area contributed by atoms with Gasteiger partial charge in [-0.15, -0.1) is 5.10 Å². The fourth-order valence-electron chi connectivity index (χ4n) is 2.96. The van der Waals surface area contributed by atoms with Crippen LogP contribution in [0.15, 0.2) is 60.8 Å². The van der Waals surface area contributed by atoms with Crippen molar-refractivity contribution in [1.82, 2.24) is 19.9 Å². The Labute approximate surface area is 176 Å². The Hall–Kier alpha value is -3.61. The van der Waals surface area contributed by atoms with Crippen molar-refractivity contribution in [3.8, 4) is 11.5 Å². The van der Waals surface area contributed by atoms with E-state index in [1.54, 1.807) is 36.9 Å². The van der Waals surface area contributed by atoms with Gasteiger partial charge in [-0.3, -0.25) is 4.79 Å². The summed E-state index contributed by atoms with van der Waals surface area (Å²) in [5.74, 6) is 1.28. The highest BCUT2D eigenvalue weighted by molar-refractivity contribution is 5.91. The second-order valence-corrected chi connectivity index (χ2v) is 6.86. The fourth-order valence-corrected chi connectivity index (χ4v) is 2.96. The lowest BCUT2D eigenvalue weighted by molar-refractivity contribution is -0.124. The van der Waals surface area contributed by atoms with Gasteiger partial charge in [-0.05, 0) is 35.8 Å². The topological polar surface area (TPSA) is 69.5 Å². The summed E-state index contributed by atoms with van der Waals surface area (Å²) in [6.45, 7) is 1.22. The van der Waals surface area contributed by atoms with Gasteiger partial charge in [0.1, 0.15) is 5.69 Å². The summed E-state index contributed by atoms with van der Waals surface area (Å²) in [5.41, 5.74) is 2.86. The highest BCUT2D eigenvalue weighted by Gasteiger charge is 2.08. The number of hydrogen-bond donors (Lipinski definition) is 0. The first kappa shape index (κ1) is 21.1. The zero-order valence-corrected chi connectivity index (χ0v) is 17.5. The van der Waals surface area contributed by atoms with Crippen LogP contribution < -0.4 is 9.47 Å². The molecule has 1 aromatic heterocycles. The van der Waals surface area contributed by atoms with E-state index in [1.807, 2.05) is 54.7 Å². The molecule has 0 aliphatic rings. The van der Waals surface area contributed by atoms with Gasteiger partial charge < -0.3 is 14.4 Å². The summed E-state index contributed by atoms with van der Waals surface area (Å²) >= 11 is 0. The second-order valence-electron chi connectivity index (χ2n) is 6.86. The van der Waals surface area contributed by atoms with Crippen LogP contribution in [0.2, 0.25) is 0 Å². The van der Waals surface area contributed by atoms with E-state index in [-0.39, 0.29) is 5.91 Å². The predicted molar refractivity (Wildman–Crippen MR) is 115 cm³/mol. The van der Waals surface area contributed by atoms with Gasteiger partial charge in [0, 0.05) is 19.7 Å². The van der Waals surface area contributed by atoms with Crippen LogP contribution in [-0.4, -0.2) is 53.6 Å². The smallest absolute Gasteiger partial charge is 0.246 e. The highest BCUT2D eigenvalue weighted by Crippen LogP contribution is 2.27. The van der Waals surface area contributed by atoms with Crippen molar-refractivity contribution in [3.05, 3.63) is 77.6 Å². The minimum atomic E-state index is -0.0897. The average molecular weight is 406 g/mol. The van der Waals surface area contributed by atoms with E-state index in [9.17, 15) is 4.79 Å². The highest BCUT2D eigenvalue weighted by atomic mass is 16.5. The number of rotatable bonds is 9. The molecule has 3 aromatic rings. The number of aromatic nitrogens is 3. The number of hydrogen-bond acceptors (Lipinski definition) is 5. The van der Waals surface area contributed by atoms with Crippen molar-refractivity contribution in [2.24, 2.45) is 0 Å². The SMILES string of the molecule is COc1ccc(CCN(C)C(=O)/C=C/c2cn(Cc3ccccc3)nn2)cc1OC. The maximum atomic E-state index is 12.4. The molecular weight excluding hydrogens is 380 g/mol. The minimum absolute atomic E-state index is 0.0897. The Bertz CT molecular complexity index is 999. The Morgan fingerprint density at radius 1 is 1.07 bits per heavy atom. The summed E-state index contributed by atoms with van der Waals surface area (Å²) in [7, 11) is 4.99. The molecule has 0 atom stereocenters. The fraction of sp³-hybridized carbons (Fsp3) is 0.261. The molecule has 2 aromatic carbocycles. The summed E-state index contributed by atoms with van der Waals surface area (Å²) < 4.78 is 12.3. The molecule has 0 aliphatic carbocycles. The van der Waals surface area contributed by atoms with Crippen LogP contribution in [0.1, 0.15) is 16.8 Å². The van der Waals surface area contributed by atoms with Crippen molar-refractivity contribution < 1.29 is 14.3 Å². The molecule has 0 aliphatic heterocycles. The molecule has 0 fully saturated rings. The molecule has 0 bridgehead atoms. The summed E-state index contributed by atoms with van der Waals surface area (Å²) in [5, 5.41) is 8.21. The van der Waals surface area contributed by atoms with Gasteiger partial charge in [0.05, 0.1) is 27.0 Å². The number of carbonyl (C=O) groups excluding carboxylic acids is 1. The normalized spacial score (nSPS) is 10.9. The maximum absolute atomic E-state index is 12.4. The number of likely N-dealkylation sites (N-methyl/N-ethyl adjacent to an activating group) is 1. The van der Waals surface area contributed by atoms with Gasteiger partial charge in [-0.1, -0.05) is 41.6 Å². The van der Waals surface area contributed by atoms with E-state index in [0.717, 1.165) is 11.1 Å².